The highest BCUT2D eigenvalue weighted by atomic mass is 32.2. The molecular formula is C10H11N3OS2. The summed E-state index contributed by atoms with van der Waals surface area (Å²) in [5, 5.41) is -0.266. The van der Waals surface area contributed by atoms with E-state index in [4.69, 9.17) is 11.5 Å². The first-order chi connectivity index (χ1) is 7.56. The Kier molecular flexibility index (Phi) is 3.02. The number of nitrogens with zero attached hydrogens (tertiary/aromatic N) is 1. The molecule has 0 aliphatic rings. The van der Waals surface area contributed by atoms with Crippen LogP contribution in [-0.4, -0.2) is 16.1 Å². The largest absolute Gasteiger partial charge is 0.399 e. The number of carbonyl (C=O) groups excluding carboxylic acids is 1. The van der Waals surface area contributed by atoms with Crippen molar-refractivity contribution in [3.05, 3.63) is 18.2 Å². The van der Waals surface area contributed by atoms with Gasteiger partial charge >= 0.3 is 0 Å². The van der Waals surface area contributed by atoms with E-state index in [1.54, 1.807) is 6.92 Å². The molecule has 0 saturated heterocycles. The SMILES string of the molecule is CC(Sc1nc2ccc(N)cc2s1)C(N)=O. The summed E-state index contributed by atoms with van der Waals surface area (Å²) in [7, 11) is 0. The van der Waals surface area contributed by atoms with Gasteiger partial charge in [0.1, 0.15) is 0 Å². The number of benzene rings is 1. The fourth-order valence-electron chi connectivity index (χ4n) is 1.18. The number of rotatable bonds is 3. The predicted octanol–water partition coefficient (Wildman–Crippen LogP) is 1.84. The first kappa shape index (κ1) is 11.2. The average Bonchev–Trinajstić information content (AvgIpc) is 2.58. The van der Waals surface area contributed by atoms with Crippen LogP contribution in [0.1, 0.15) is 6.92 Å². The van der Waals surface area contributed by atoms with Gasteiger partial charge in [-0.3, -0.25) is 4.79 Å². The van der Waals surface area contributed by atoms with E-state index in [0.29, 0.717) is 0 Å². The minimum Gasteiger partial charge on any atom is -0.399 e. The number of primary amides is 1. The Balaban J connectivity index is 2.29. The Morgan fingerprint density at radius 2 is 2.31 bits per heavy atom. The number of amides is 1. The lowest BCUT2D eigenvalue weighted by Gasteiger charge is -2.01. The Hall–Kier alpha value is -1.27. The van der Waals surface area contributed by atoms with Gasteiger partial charge in [0.15, 0.2) is 4.34 Å². The van der Waals surface area contributed by atoms with Gasteiger partial charge in [0.25, 0.3) is 0 Å². The van der Waals surface area contributed by atoms with Crippen LogP contribution in [0.2, 0.25) is 0 Å². The topological polar surface area (TPSA) is 82.0 Å². The number of nitrogen functional groups attached to an aromatic ring is 1. The van der Waals surface area contributed by atoms with Crippen LogP contribution in [0.15, 0.2) is 22.5 Å². The molecular weight excluding hydrogens is 242 g/mol. The number of hydrogen-bond acceptors (Lipinski definition) is 5. The van der Waals surface area contributed by atoms with Crippen molar-refractivity contribution in [1.29, 1.82) is 0 Å². The monoisotopic (exact) mass is 253 g/mol. The zero-order valence-corrected chi connectivity index (χ0v) is 10.3. The van der Waals surface area contributed by atoms with Gasteiger partial charge in [-0.2, -0.15) is 0 Å². The highest BCUT2D eigenvalue weighted by Crippen LogP contribution is 2.32. The maximum Gasteiger partial charge on any atom is 0.230 e. The van der Waals surface area contributed by atoms with Gasteiger partial charge in [0.2, 0.25) is 5.91 Å². The van der Waals surface area contributed by atoms with Crippen molar-refractivity contribution in [2.24, 2.45) is 5.73 Å². The van der Waals surface area contributed by atoms with E-state index in [1.165, 1.54) is 23.1 Å². The van der Waals surface area contributed by atoms with Crippen molar-refractivity contribution in [3.8, 4) is 0 Å². The summed E-state index contributed by atoms with van der Waals surface area (Å²) >= 11 is 2.90. The third-order valence-electron chi connectivity index (χ3n) is 2.07. The van der Waals surface area contributed by atoms with Crippen LogP contribution in [0.25, 0.3) is 10.2 Å². The average molecular weight is 253 g/mol. The normalized spacial score (nSPS) is 12.8. The molecule has 2 aromatic rings. The molecule has 1 amide bonds. The van der Waals surface area contributed by atoms with Gasteiger partial charge in [0.05, 0.1) is 15.5 Å². The van der Waals surface area contributed by atoms with Crippen molar-refractivity contribution in [2.45, 2.75) is 16.5 Å². The number of aromatic nitrogens is 1. The van der Waals surface area contributed by atoms with Gasteiger partial charge in [0, 0.05) is 5.69 Å². The number of nitrogens with two attached hydrogens (primary N) is 2. The molecule has 0 spiro atoms. The zero-order valence-electron chi connectivity index (χ0n) is 8.64. The second kappa shape index (κ2) is 4.31. The molecule has 84 valence electrons. The van der Waals surface area contributed by atoms with Gasteiger partial charge in [-0.05, 0) is 25.1 Å². The molecule has 1 aromatic carbocycles. The zero-order chi connectivity index (χ0) is 11.7. The van der Waals surface area contributed by atoms with Crippen molar-refractivity contribution >= 4 is 44.9 Å². The van der Waals surface area contributed by atoms with E-state index in [1.807, 2.05) is 18.2 Å². The van der Waals surface area contributed by atoms with E-state index >= 15 is 0 Å². The lowest BCUT2D eigenvalue weighted by Crippen LogP contribution is -2.22. The van der Waals surface area contributed by atoms with Crippen LogP contribution in [0.3, 0.4) is 0 Å². The highest BCUT2D eigenvalue weighted by Gasteiger charge is 2.13. The quantitative estimate of drug-likeness (QED) is 0.646. The van der Waals surface area contributed by atoms with Gasteiger partial charge in [-0.25, -0.2) is 4.98 Å². The molecule has 2 rings (SSSR count). The van der Waals surface area contributed by atoms with Crippen LogP contribution in [0.4, 0.5) is 5.69 Å². The summed E-state index contributed by atoms with van der Waals surface area (Å²) in [5.74, 6) is -0.330. The van der Waals surface area contributed by atoms with Gasteiger partial charge in [-0.15, -0.1) is 11.3 Å². The Labute approximate surface area is 101 Å². The molecule has 0 aliphatic heterocycles. The van der Waals surface area contributed by atoms with Gasteiger partial charge < -0.3 is 11.5 Å². The molecule has 0 saturated carbocycles. The minimum atomic E-state index is -0.330. The first-order valence-corrected chi connectivity index (χ1v) is 6.38. The maximum absolute atomic E-state index is 10.9. The van der Waals surface area contributed by atoms with Crippen molar-refractivity contribution < 1.29 is 4.79 Å². The molecule has 0 aliphatic carbocycles. The molecule has 0 radical (unpaired) electrons. The Morgan fingerprint density at radius 1 is 1.56 bits per heavy atom. The lowest BCUT2D eigenvalue weighted by molar-refractivity contribution is -0.117. The summed E-state index contributed by atoms with van der Waals surface area (Å²) in [6, 6.07) is 5.57. The summed E-state index contributed by atoms with van der Waals surface area (Å²) in [6.07, 6.45) is 0. The number of thiazole rings is 1. The second-order valence-electron chi connectivity index (χ2n) is 3.37. The Morgan fingerprint density at radius 3 is 3.00 bits per heavy atom. The molecule has 4 nitrogen and oxygen atoms in total. The minimum absolute atomic E-state index is 0.266. The Bertz CT molecular complexity index is 538. The molecule has 4 N–H and O–H groups in total. The number of thioether (sulfide) groups is 1. The molecule has 0 fully saturated rings. The second-order valence-corrected chi connectivity index (χ2v) is 5.99. The van der Waals surface area contributed by atoms with E-state index < -0.39 is 0 Å². The van der Waals surface area contributed by atoms with Crippen LogP contribution < -0.4 is 11.5 Å². The van der Waals surface area contributed by atoms with Crippen LogP contribution >= 0.6 is 23.1 Å². The van der Waals surface area contributed by atoms with Crippen LogP contribution in [0, 0.1) is 0 Å². The molecule has 1 heterocycles. The highest BCUT2D eigenvalue weighted by molar-refractivity contribution is 8.02. The van der Waals surface area contributed by atoms with Crippen LogP contribution in [0.5, 0.6) is 0 Å². The summed E-state index contributed by atoms with van der Waals surface area (Å²) < 4.78 is 1.87. The van der Waals surface area contributed by atoms with E-state index in [9.17, 15) is 4.79 Å². The van der Waals surface area contributed by atoms with E-state index in [0.717, 1.165) is 20.2 Å². The summed E-state index contributed by atoms with van der Waals surface area (Å²) in [6.45, 7) is 1.77. The first-order valence-electron chi connectivity index (χ1n) is 4.68. The third kappa shape index (κ3) is 2.28. The van der Waals surface area contributed by atoms with Crippen molar-refractivity contribution in [3.63, 3.8) is 0 Å². The molecule has 1 aromatic heterocycles. The molecule has 6 heteroatoms. The lowest BCUT2D eigenvalue weighted by atomic mass is 10.3. The fraction of sp³-hybridized carbons (Fsp3) is 0.200. The van der Waals surface area contributed by atoms with Crippen molar-refractivity contribution in [2.75, 3.05) is 5.73 Å². The van der Waals surface area contributed by atoms with E-state index in [-0.39, 0.29) is 11.2 Å². The molecule has 1 unspecified atom stereocenters. The third-order valence-corrected chi connectivity index (χ3v) is 4.30. The smallest absolute Gasteiger partial charge is 0.230 e. The number of carbonyl (C=O) groups is 1. The summed E-state index contributed by atoms with van der Waals surface area (Å²) in [4.78, 5) is 15.3. The fourth-order valence-corrected chi connectivity index (χ4v) is 3.39. The maximum atomic E-state index is 10.9. The summed E-state index contributed by atoms with van der Waals surface area (Å²) in [5.41, 5.74) is 12.5. The van der Waals surface area contributed by atoms with Crippen LogP contribution in [-0.2, 0) is 4.79 Å². The predicted molar refractivity (Wildman–Crippen MR) is 68.5 cm³/mol. The molecule has 16 heavy (non-hydrogen) atoms. The number of fused-ring (bicyclic) bond motifs is 1. The number of anilines is 1. The molecule has 0 bridgehead atoms. The standard InChI is InChI=1S/C10H11N3OS2/c1-5(9(12)14)15-10-13-7-3-2-6(11)4-8(7)16-10/h2-5H,11H2,1H3,(H2,12,14). The van der Waals surface area contributed by atoms with Crippen molar-refractivity contribution in [1.82, 2.24) is 4.98 Å². The number of hydrogen-bond donors (Lipinski definition) is 2. The van der Waals surface area contributed by atoms with E-state index in [2.05, 4.69) is 4.98 Å². The van der Waals surface area contributed by atoms with Gasteiger partial charge in [-0.1, -0.05) is 11.8 Å². The molecule has 1 atom stereocenters.